The molecule has 1 N–H and O–H groups in total. The Kier molecular flexibility index (Phi) is 6.29. The second-order valence-electron chi connectivity index (χ2n) is 4.89. The molecule has 1 heterocycles. The van der Waals surface area contributed by atoms with Crippen molar-refractivity contribution < 1.29 is 19.0 Å². The first-order valence-electron chi connectivity index (χ1n) is 7.26. The quantitative estimate of drug-likeness (QED) is 0.806. The lowest BCUT2D eigenvalue weighted by Gasteiger charge is -2.14. The zero-order chi connectivity index (χ0) is 16.7. The van der Waals surface area contributed by atoms with Gasteiger partial charge in [0.15, 0.2) is 11.5 Å². The van der Waals surface area contributed by atoms with Crippen LogP contribution in [0.25, 0.3) is 0 Å². The van der Waals surface area contributed by atoms with Gasteiger partial charge in [-0.25, -0.2) is 0 Å². The first-order valence-corrected chi connectivity index (χ1v) is 8.13. The third kappa shape index (κ3) is 4.63. The molecule has 5 nitrogen and oxygen atoms in total. The van der Waals surface area contributed by atoms with Gasteiger partial charge >= 0.3 is 0 Å². The van der Waals surface area contributed by atoms with Crippen molar-refractivity contribution in [1.82, 2.24) is 5.32 Å². The number of rotatable bonds is 8. The lowest BCUT2D eigenvalue weighted by molar-refractivity contribution is -0.120. The molecular weight excluding hydrogens is 314 g/mol. The monoisotopic (exact) mass is 335 g/mol. The van der Waals surface area contributed by atoms with Crippen molar-refractivity contribution in [1.29, 1.82) is 0 Å². The molecule has 2 rings (SSSR count). The van der Waals surface area contributed by atoms with E-state index in [0.717, 1.165) is 10.4 Å². The van der Waals surface area contributed by atoms with E-state index < -0.39 is 0 Å². The summed E-state index contributed by atoms with van der Waals surface area (Å²) in [7, 11) is 4.75. The van der Waals surface area contributed by atoms with Crippen LogP contribution < -0.4 is 19.5 Å². The number of hydrogen-bond donors (Lipinski definition) is 1. The van der Waals surface area contributed by atoms with Gasteiger partial charge in [0.2, 0.25) is 11.7 Å². The Balaban J connectivity index is 1.93. The Morgan fingerprint density at radius 2 is 1.83 bits per heavy atom. The van der Waals surface area contributed by atoms with Gasteiger partial charge in [0.25, 0.3) is 0 Å². The highest BCUT2D eigenvalue weighted by Gasteiger charge is 2.13. The highest BCUT2D eigenvalue weighted by Crippen LogP contribution is 2.38. The lowest BCUT2D eigenvalue weighted by atomic mass is 10.1. The molecule has 0 aliphatic rings. The molecule has 1 aromatic carbocycles. The number of thiophene rings is 1. The molecule has 2 aromatic rings. The summed E-state index contributed by atoms with van der Waals surface area (Å²) in [5, 5.41) is 4.90. The molecule has 0 radical (unpaired) electrons. The van der Waals surface area contributed by atoms with Gasteiger partial charge in [-0.05, 0) is 35.6 Å². The fourth-order valence-corrected chi connectivity index (χ4v) is 2.96. The molecule has 0 atom stereocenters. The summed E-state index contributed by atoms with van der Waals surface area (Å²) in [6, 6.07) is 7.70. The summed E-state index contributed by atoms with van der Waals surface area (Å²) in [5.41, 5.74) is 1.01. The Hall–Kier alpha value is -2.21. The van der Waals surface area contributed by atoms with Crippen LogP contribution in [0.3, 0.4) is 0 Å². The molecule has 0 aliphatic carbocycles. The fraction of sp³-hybridized carbons (Fsp3) is 0.353. The largest absolute Gasteiger partial charge is 0.493 e. The Morgan fingerprint density at radius 1 is 1.13 bits per heavy atom. The zero-order valence-electron chi connectivity index (χ0n) is 13.5. The van der Waals surface area contributed by atoms with Crippen LogP contribution in [0.1, 0.15) is 10.4 Å². The Labute approximate surface area is 140 Å². The average molecular weight is 335 g/mol. The van der Waals surface area contributed by atoms with Crippen LogP contribution in [0.15, 0.2) is 29.6 Å². The predicted molar refractivity (Wildman–Crippen MR) is 90.8 cm³/mol. The van der Waals surface area contributed by atoms with Crippen molar-refractivity contribution in [2.75, 3.05) is 27.9 Å². The van der Waals surface area contributed by atoms with E-state index in [1.165, 1.54) is 0 Å². The van der Waals surface area contributed by atoms with Crippen molar-refractivity contribution in [2.45, 2.75) is 12.8 Å². The molecule has 6 heteroatoms. The van der Waals surface area contributed by atoms with Crippen LogP contribution in [-0.4, -0.2) is 33.8 Å². The van der Waals surface area contributed by atoms with Gasteiger partial charge in [0, 0.05) is 11.4 Å². The number of hydrogen-bond acceptors (Lipinski definition) is 5. The van der Waals surface area contributed by atoms with E-state index in [0.29, 0.717) is 36.6 Å². The molecule has 0 fully saturated rings. The molecule has 1 amide bonds. The highest BCUT2D eigenvalue weighted by atomic mass is 32.1. The molecule has 0 spiro atoms. The topological polar surface area (TPSA) is 56.8 Å². The first kappa shape index (κ1) is 17.1. The standard InChI is InChI=1S/C17H21NO4S/c1-20-14-9-12(10-15(21-2)17(14)22-3)6-7-18-16(19)11-13-5-4-8-23-13/h4-5,8-10H,6-7,11H2,1-3H3,(H,18,19). The molecule has 0 saturated carbocycles. The van der Waals surface area contributed by atoms with Crippen LogP contribution in [0.2, 0.25) is 0 Å². The number of carbonyl (C=O) groups excluding carboxylic acids is 1. The molecule has 1 aromatic heterocycles. The summed E-state index contributed by atoms with van der Waals surface area (Å²) in [6.07, 6.45) is 1.11. The van der Waals surface area contributed by atoms with Gasteiger partial charge in [-0.15, -0.1) is 11.3 Å². The zero-order valence-corrected chi connectivity index (χ0v) is 14.4. The second-order valence-corrected chi connectivity index (χ2v) is 5.92. The Morgan fingerprint density at radius 3 is 2.35 bits per heavy atom. The van der Waals surface area contributed by atoms with Gasteiger partial charge in [-0.3, -0.25) is 4.79 Å². The second kappa shape index (κ2) is 8.43. The highest BCUT2D eigenvalue weighted by molar-refractivity contribution is 7.10. The minimum Gasteiger partial charge on any atom is -0.493 e. The van der Waals surface area contributed by atoms with Crippen molar-refractivity contribution in [3.63, 3.8) is 0 Å². The lowest BCUT2D eigenvalue weighted by Crippen LogP contribution is -2.26. The van der Waals surface area contributed by atoms with E-state index in [1.807, 2.05) is 29.6 Å². The van der Waals surface area contributed by atoms with Gasteiger partial charge in [0.1, 0.15) is 0 Å². The van der Waals surface area contributed by atoms with Crippen LogP contribution in [-0.2, 0) is 17.6 Å². The maximum absolute atomic E-state index is 11.9. The van der Waals surface area contributed by atoms with Crippen molar-refractivity contribution in [3.8, 4) is 17.2 Å². The van der Waals surface area contributed by atoms with Crippen LogP contribution >= 0.6 is 11.3 Å². The van der Waals surface area contributed by atoms with Gasteiger partial charge in [0.05, 0.1) is 27.8 Å². The number of methoxy groups -OCH3 is 3. The van der Waals surface area contributed by atoms with E-state index >= 15 is 0 Å². The first-order chi connectivity index (χ1) is 11.2. The normalized spacial score (nSPS) is 10.2. The summed E-state index contributed by atoms with van der Waals surface area (Å²) in [5.74, 6) is 1.83. The maximum atomic E-state index is 11.9. The van der Waals surface area contributed by atoms with E-state index in [1.54, 1.807) is 32.7 Å². The molecular formula is C17H21NO4S. The number of ether oxygens (including phenoxy) is 3. The number of carbonyl (C=O) groups is 1. The van der Waals surface area contributed by atoms with E-state index in [4.69, 9.17) is 14.2 Å². The summed E-state index contributed by atoms with van der Waals surface area (Å²) in [4.78, 5) is 12.9. The van der Waals surface area contributed by atoms with Crippen molar-refractivity contribution in [2.24, 2.45) is 0 Å². The van der Waals surface area contributed by atoms with E-state index in [-0.39, 0.29) is 5.91 Å². The molecule has 0 unspecified atom stereocenters. The number of benzene rings is 1. The summed E-state index contributed by atoms with van der Waals surface area (Å²) in [6.45, 7) is 0.558. The summed E-state index contributed by atoms with van der Waals surface area (Å²) >= 11 is 1.59. The van der Waals surface area contributed by atoms with Crippen molar-refractivity contribution >= 4 is 17.2 Å². The maximum Gasteiger partial charge on any atom is 0.225 e. The smallest absolute Gasteiger partial charge is 0.225 e. The Bertz CT molecular complexity index is 615. The van der Waals surface area contributed by atoms with E-state index in [9.17, 15) is 4.79 Å². The van der Waals surface area contributed by atoms with Crippen LogP contribution in [0, 0.1) is 0 Å². The molecule has 124 valence electrons. The minimum atomic E-state index is 0.0277. The number of amides is 1. The van der Waals surface area contributed by atoms with Crippen LogP contribution in [0.4, 0.5) is 0 Å². The predicted octanol–water partition coefficient (Wildman–Crippen LogP) is 2.68. The summed E-state index contributed by atoms with van der Waals surface area (Å²) < 4.78 is 15.9. The molecule has 0 aliphatic heterocycles. The molecule has 23 heavy (non-hydrogen) atoms. The van der Waals surface area contributed by atoms with Crippen molar-refractivity contribution in [3.05, 3.63) is 40.1 Å². The van der Waals surface area contributed by atoms with Crippen LogP contribution in [0.5, 0.6) is 17.2 Å². The van der Waals surface area contributed by atoms with Gasteiger partial charge in [-0.2, -0.15) is 0 Å². The average Bonchev–Trinajstić information content (AvgIpc) is 3.06. The third-order valence-electron chi connectivity index (χ3n) is 3.38. The SMILES string of the molecule is COc1cc(CCNC(=O)Cc2cccs2)cc(OC)c1OC. The molecule has 0 saturated heterocycles. The fourth-order valence-electron chi connectivity index (χ4n) is 2.26. The van der Waals surface area contributed by atoms with E-state index in [2.05, 4.69) is 5.32 Å². The third-order valence-corrected chi connectivity index (χ3v) is 4.25. The van der Waals surface area contributed by atoms with Gasteiger partial charge in [-0.1, -0.05) is 6.07 Å². The molecule has 0 bridgehead atoms. The van der Waals surface area contributed by atoms with Gasteiger partial charge < -0.3 is 19.5 Å². The minimum absolute atomic E-state index is 0.0277. The number of nitrogens with one attached hydrogen (secondary N) is 1.